The molecule has 0 saturated heterocycles. The first kappa shape index (κ1) is 12.8. The standard InChI is InChI=1S/C16H14N4O2/c1-9(21)18-8-10-3-2-4-11-12(10)7-13-14(11)19-16(22)15-17-5-6-20(13)15/h2-6H,7-8H2,1H3,(H,18,21)(H,19,22). The highest BCUT2D eigenvalue weighted by molar-refractivity contribution is 5.76. The molecule has 0 unspecified atom stereocenters. The van der Waals surface area contributed by atoms with Gasteiger partial charge in [-0.15, -0.1) is 0 Å². The molecule has 0 saturated carbocycles. The molecule has 2 heterocycles. The van der Waals surface area contributed by atoms with Gasteiger partial charge in [-0.25, -0.2) is 4.98 Å². The van der Waals surface area contributed by atoms with Gasteiger partial charge in [0, 0.05) is 37.8 Å². The number of H-pyrrole nitrogens is 1. The van der Waals surface area contributed by atoms with Crippen LogP contribution >= 0.6 is 0 Å². The first-order valence-electron chi connectivity index (χ1n) is 7.09. The van der Waals surface area contributed by atoms with Crippen molar-refractivity contribution in [2.75, 3.05) is 0 Å². The monoisotopic (exact) mass is 294 g/mol. The van der Waals surface area contributed by atoms with Crippen molar-refractivity contribution in [3.8, 4) is 11.3 Å². The lowest BCUT2D eigenvalue weighted by Gasteiger charge is -2.08. The summed E-state index contributed by atoms with van der Waals surface area (Å²) in [6, 6.07) is 5.95. The Labute approximate surface area is 125 Å². The highest BCUT2D eigenvalue weighted by Crippen LogP contribution is 2.36. The molecule has 6 heteroatoms. The zero-order valence-corrected chi connectivity index (χ0v) is 12.0. The summed E-state index contributed by atoms with van der Waals surface area (Å²) in [5.41, 5.74) is 5.32. The first-order valence-corrected chi connectivity index (χ1v) is 7.09. The average Bonchev–Trinajstić information content (AvgIpc) is 3.10. The minimum atomic E-state index is -0.191. The molecule has 110 valence electrons. The van der Waals surface area contributed by atoms with Crippen molar-refractivity contribution in [2.24, 2.45) is 0 Å². The second kappa shape index (κ2) is 4.56. The van der Waals surface area contributed by atoms with Gasteiger partial charge >= 0.3 is 0 Å². The van der Waals surface area contributed by atoms with E-state index < -0.39 is 0 Å². The van der Waals surface area contributed by atoms with E-state index >= 15 is 0 Å². The van der Waals surface area contributed by atoms with Crippen LogP contribution in [0.1, 0.15) is 23.7 Å². The number of carbonyl (C=O) groups is 1. The van der Waals surface area contributed by atoms with Crippen molar-refractivity contribution in [1.82, 2.24) is 19.7 Å². The van der Waals surface area contributed by atoms with E-state index in [2.05, 4.69) is 15.3 Å². The number of hydrogen-bond acceptors (Lipinski definition) is 3. The lowest BCUT2D eigenvalue weighted by Crippen LogP contribution is -2.19. The molecule has 0 spiro atoms. The minimum absolute atomic E-state index is 0.0569. The zero-order valence-electron chi connectivity index (χ0n) is 12.0. The van der Waals surface area contributed by atoms with Gasteiger partial charge in [0.05, 0.1) is 11.4 Å². The number of rotatable bonds is 2. The van der Waals surface area contributed by atoms with Crippen LogP contribution in [0.15, 0.2) is 35.4 Å². The lowest BCUT2D eigenvalue weighted by molar-refractivity contribution is -0.119. The average molecular weight is 294 g/mol. The molecular formula is C16H14N4O2. The lowest BCUT2D eigenvalue weighted by atomic mass is 10.0. The number of imidazole rings is 1. The van der Waals surface area contributed by atoms with E-state index in [9.17, 15) is 9.59 Å². The summed E-state index contributed by atoms with van der Waals surface area (Å²) in [6.07, 6.45) is 4.15. The predicted molar refractivity (Wildman–Crippen MR) is 81.6 cm³/mol. The van der Waals surface area contributed by atoms with E-state index in [4.69, 9.17) is 0 Å². The Morgan fingerprint density at radius 3 is 3.14 bits per heavy atom. The van der Waals surface area contributed by atoms with Crippen molar-refractivity contribution in [3.05, 3.63) is 57.8 Å². The number of carbonyl (C=O) groups excluding carboxylic acids is 1. The maximum Gasteiger partial charge on any atom is 0.292 e. The molecule has 0 bridgehead atoms. The number of aromatic nitrogens is 3. The van der Waals surface area contributed by atoms with Gasteiger partial charge in [0.2, 0.25) is 11.6 Å². The van der Waals surface area contributed by atoms with E-state index in [1.807, 2.05) is 28.8 Å². The number of fused-ring (bicyclic) bond motifs is 5. The van der Waals surface area contributed by atoms with Gasteiger partial charge in [0.1, 0.15) is 0 Å². The van der Waals surface area contributed by atoms with Gasteiger partial charge in [-0.2, -0.15) is 0 Å². The quantitative estimate of drug-likeness (QED) is 0.583. The van der Waals surface area contributed by atoms with Crippen LogP contribution in [-0.2, 0) is 17.8 Å². The van der Waals surface area contributed by atoms with E-state index in [-0.39, 0.29) is 11.5 Å². The molecule has 22 heavy (non-hydrogen) atoms. The smallest absolute Gasteiger partial charge is 0.292 e. The topological polar surface area (TPSA) is 79.3 Å². The van der Waals surface area contributed by atoms with Gasteiger partial charge in [-0.05, 0) is 11.1 Å². The number of aromatic amines is 1. The molecule has 1 amide bonds. The molecule has 0 fully saturated rings. The Balaban J connectivity index is 1.89. The Morgan fingerprint density at radius 1 is 1.45 bits per heavy atom. The van der Waals surface area contributed by atoms with E-state index in [1.165, 1.54) is 6.92 Å². The van der Waals surface area contributed by atoms with E-state index in [1.54, 1.807) is 6.20 Å². The van der Waals surface area contributed by atoms with Crippen LogP contribution < -0.4 is 10.9 Å². The summed E-state index contributed by atoms with van der Waals surface area (Å²) in [6.45, 7) is 1.99. The molecule has 0 aliphatic heterocycles. The molecule has 1 aliphatic rings. The molecule has 1 aliphatic carbocycles. The van der Waals surface area contributed by atoms with Crippen molar-refractivity contribution in [2.45, 2.75) is 19.9 Å². The van der Waals surface area contributed by atoms with Crippen LogP contribution in [0, 0.1) is 0 Å². The molecule has 6 nitrogen and oxygen atoms in total. The van der Waals surface area contributed by atoms with Crippen LogP contribution in [0.3, 0.4) is 0 Å². The van der Waals surface area contributed by atoms with Crippen LogP contribution in [0.4, 0.5) is 0 Å². The molecule has 3 aromatic rings. The summed E-state index contributed by atoms with van der Waals surface area (Å²) in [5.74, 6) is -0.0569. The largest absolute Gasteiger partial charge is 0.352 e. The fraction of sp³-hybridized carbons (Fsp3) is 0.188. The summed E-state index contributed by atoms with van der Waals surface area (Å²) in [4.78, 5) is 30.3. The number of benzene rings is 1. The maximum atomic E-state index is 12.1. The molecule has 1 aromatic carbocycles. The van der Waals surface area contributed by atoms with Crippen LogP contribution in [-0.4, -0.2) is 20.3 Å². The molecule has 0 radical (unpaired) electrons. The number of nitrogens with one attached hydrogen (secondary N) is 2. The Kier molecular flexibility index (Phi) is 2.66. The Bertz CT molecular complexity index is 968. The zero-order chi connectivity index (χ0) is 15.3. The SMILES string of the molecule is CC(=O)NCc1cccc2c1Cc1c-2[nH]c(=O)c2nccn12. The summed E-state index contributed by atoms with van der Waals surface area (Å²) < 4.78 is 1.84. The maximum absolute atomic E-state index is 12.1. The molecule has 0 atom stereocenters. The molecule has 2 N–H and O–H groups in total. The fourth-order valence-corrected chi connectivity index (χ4v) is 3.08. The summed E-state index contributed by atoms with van der Waals surface area (Å²) in [5, 5.41) is 2.83. The van der Waals surface area contributed by atoms with Gasteiger partial charge in [0.15, 0.2) is 0 Å². The van der Waals surface area contributed by atoms with Gasteiger partial charge in [-0.3, -0.25) is 14.0 Å². The fourth-order valence-electron chi connectivity index (χ4n) is 3.08. The third-order valence-corrected chi connectivity index (χ3v) is 4.08. The second-order valence-corrected chi connectivity index (χ2v) is 5.43. The summed E-state index contributed by atoms with van der Waals surface area (Å²) >= 11 is 0. The van der Waals surface area contributed by atoms with Crippen molar-refractivity contribution >= 4 is 11.6 Å². The predicted octanol–water partition coefficient (Wildman–Crippen LogP) is 1.23. The third kappa shape index (κ3) is 1.77. The first-order chi connectivity index (χ1) is 10.6. The van der Waals surface area contributed by atoms with Gasteiger partial charge in [0.25, 0.3) is 5.56 Å². The van der Waals surface area contributed by atoms with E-state index in [0.29, 0.717) is 18.6 Å². The van der Waals surface area contributed by atoms with Crippen LogP contribution in [0.2, 0.25) is 0 Å². The molecule has 4 rings (SSSR count). The van der Waals surface area contributed by atoms with E-state index in [0.717, 1.165) is 28.1 Å². The minimum Gasteiger partial charge on any atom is -0.352 e. The Hall–Kier alpha value is -2.89. The van der Waals surface area contributed by atoms with Gasteiger partial charge in [-0.1, -0.05) is 18.2 Å². The van der Waals surface area contributed by atoms with Gasteiger partial charge < -0.3 is 10.3 Å². The highest BCUT2D eigenvalue weighted by atomic mass is 16.1. The normalized spacial score (nSPS) is 12.2. The van der Waals surface area contributed by atoms with Crippen molar-refractivity contribution in [1.29, 1.82) is 0 Å². The van der Waals surface area contributed by atoms with Crippen molar-refractivity contribution in [3.63, 3.8) is 0 Å². The highest BCUT2D eigenvalue weighted by Gasteiger charge is 2.25. The second-order valence-electron chi connectivity index (χ2n) is 5.43. The van der Waals surface area contributed by atoms with Crippen LogP contribution in [0.25, 0.3) is 16.9 Å². The Morgan fingerprint density at radius 2 is 2.32 bits per heavy atom. The third-order valence-electron chi connectivity index (χ3n) is 4.08. The number of amides is 1. The number of nitrogens with zero attached hydrogens (tertiary/aromatic N) is 2. The van der Waals surface area contributed by atoms with Crippen LogP contribution in [0.5, 0.6) is 0 Å². The number of hydrogen-bond donors (Lipinski definition) is 2. The van der Waals surface area contributed by atoms with Crippen molar-refractivity contribution < 1.29 is 4.79 Å². The molecule has 2 aromatic heterocycles. The summed E-state index contributed by atoms with van der Waals surface area (Å²) in [7, 11) is 0. The molecular weight excluding hydrogens is 280 g/mol.